The van der Waals surface area contributed by atoms with Gasteiger partial charge in [0.1, 0.15) is 5.75 Å². The van der Waals surface area contributed by atoms with Crippen LogP contribution in [0.5, 0.6) is 5.75 Å². The molecule has 0 saturated heterocycles. The van der Waals surface area contributed by atoms with E-state index in [4.69, 9.17) is 4.74 Å². The fraction of sp³-hybridized carbons (Fsp3) is 0.538. The molecule has 0 aliphatic heterocycles. The van der Waals surface area contributed by atoms with Crippen LogP contribution in [0.25, 0.3) is 0 Å². The van der Waals surface area contributed by atoms with Gasteiger partial charge in [0.15, 0.2) is 9.84 Å². The van der Waals surface area contributed by atoms with Crippen molar-refractivity contribution in [2.24, 2.45) is 5.92 Å². The average Bonchev–Trinajstić information content (AvgIpc) is 3.20. The van der Waals surface area contributed by atoms with Crippen molar-refractivity contribution in [3.63, 3.8) is 0 Å². The van der Waals surface area contributed by atoms with Gasteiger partial charge in [0.2, 0.25) is 0 Å². The molecule has 100 valence electrons. The molecule has 2 rings (SSSR count). The number of rotatable bonds is 6. The van der Waals surface area contributed by atoms with Gasteiger partial charge in [-0.25, -0.2) is 8.42 Å². The molecule has 1 saturated carbocycles. The number of hydrogen-bond acceptors (Lipinski definition) is 4. The van der Waals surface area contributed by atoms with Gasteiger partial charge in [-0.1, -0.05) is 0 Å². The van der Waals surface area contributed by atoms with Gasteiger partial charge in [0, 0.05) is 6.04 Å². The van der Waals surface area contributed by atoms with E-state index in [0.29, 0.717) is 16.6 Å². The quantitative estimate of drug-likeness (QED) is 0.849. The Balaban J connectivity index is 2.13. The number of sulfone groups is 1. The molecule has 0 heterocycles. The number of ether oxygens (including phenoxy) is 1. The molecule has 1 N–H and O–H groups in total. The minimum Gasteiger partial charge on any atom is -0.497 e. The van der Waals surface area contributed by atoms with Crippen LogP contribution in [0.2, 0.25) is 0 Å². The highest BCUT2D eigenvalue weighted by Gasteiger charge is 2.33. The van der Waals surface area contributed by atoms with Crippen molar-refractivity contribution in [2.75, 3.05) is 19.9 Å². The third kappa shape index (κ3) is 3.03. The van der Waals surface area contributed by atoms with Crippen LogP contribution in [-0.2, 0) is 9.84 Å². The summed E-state index contributed by atoms with van der Waals surface area (Å²) < 4.78 is 29.5. The van der Waals surface area contributed by atoms with Crippen molar-refractivity contribution in [3.8, 4) is 5.75 Å². The zero-order valence-electron chi connectivity index (χ0n) is 10.7. The third-order valence-electron chi connectivity index (χ3n) is 3.38. The minimum absolute atomic E-state index is 0.0668. The Bertz CT molecular complexity index is 491. The van der Waals surface area contributed by atoms with Crippen LogP contribution in [0.1, 0.15) is 12.8 Å². The molecule has 18 heavy (non-hydrogen) atoms. The second-order valence-corrected chi connectivity index (χ2v) is 6.72. The van der Waals surface area contributed by atoms with Crippen LogP contribution >= 0.6 is 0 Å². The molecule has 0 spiro atoms. The lowest BCUT2D eigenvalue weighted by Gasteiger charge is -2.15. The number of methoxy groups -OCH3 is 1. The Morgan fingerprint density at radius 2 is 1.94 bits per heavy atom. The van der Waals surface area contributed by atoms with Gasteiger partial charge in [-0.2, -0.15) is 0 Å². The first-order chi connectivity index (χ1) is 8.56. The van der Waals surface area contributed by atoms with Crippen molar-refractivity contribution < 1.29 is 13.2 Å². The monoisotopic (exact) mass is 269 g/mol. The van der Waals surface area contributed by atoms with Crippen molar-refractivity contribution in [3.05, 3.63) is 24.3 Å². The molecule has 4 nitrogen and oxygen atoms in total. The molecule has 1 fully saturated rings. The molecule has 1 aliphatic carbocycles. The summed E-state index contributed by atoms with van der Waals surface area (Å²) in [5.74, 6) is 1.35. The van der Waals surface area contributed by atoms with Gasteiger partial charge in [0.25, 0.3) is 0 Å². The summed E-state index contributed by atoms with van der Waals surface area (Å²) in [6, 6.07) is 6.63. The van der Waals surface area contributed by atoms with E-state index in [9.17, 15) is 8.42 Å². The third-order valence-corrected chi connectivity index (χ3v) is 5.17. The van der Waals surface area contributed by atoms with E-state index in [1.807, 2.05) is 7.05 Å². The Morgan fingerprint density at radius 3 is 2.39 bits per heavy atom. The van der Waals surface area contributed by atoms with Crippen molar-refractivity contribution in [1.29, 1.82) is 0 Å². The summed E-state index contributed by atoms with van der Waals surface area (Å²) in [5.41, 5.74) is 0. The normalized spacial score (nSPS) is 17.4. The molecule has 0 radical (unpaired) electrons. The Labute approximate surface area is 108 Å². The molecular formula is C13H19NO3S. The van der Waals surface area contributed by atoms with E-state index < -0.39 is 9.84 Å². The van der Waals surface area contributed by atoms with E-state index in [2.05, 4.69) is 5.32 Å². The predicted octanol–water partition coefficient (Wildman–Crippen LogP) is 1.47. The summed E-state index contributed by atoms with van der Waals surface area (Å²) >= 11 is 0. The summed E-state index contributed by atoms with van der Waals surface area (Å²) in [6.45, 7) is 0. The zero-order valence-corrected chi connectivity index (χ0v) is 11.5. The van der Waals surface area contributed by atoms with E-state index in [1.54, 1.807) is 31.4 Å². The van der Waals surface area contributed by atoms with Crippen LogP contribution in [0.15, 0.2) is 29.2 Å². The van der Waals surface area contributed by atoms with Crippen LogP contribution in [0.3, 0.4) is 0 Å². The minimum atomic E-state index is -3.22. The molecule has 1 aromatic carbocycles. The van der Waals surface area contributed by atoms with E-state index >= 15 is 0 Å². The number of hydrogen-bond donors (Lipinski definition) is 1. The van der Waals surface area contributed by atoms with Crippen LogP contribution in [0, 0.1) is 5.92 Å². The van der Waals surface area contributed by atoms with Gasteiger partial charge in [-0.3, -0.25) is 0 Å². The number of benzene rings is 1. The van der Waals surface area contributed by atoms with Crippen molar-refractivity contribution >= 4 is 9.84 Å². The maximum atomic E-state index is 12.3. The SMILES string of the molecule is CNC(CS(=O)(=O)c1ccc(OC)cc1)C1CC1. The second kappa shape index (κ2) is 5.28. The summed E-state index contributed by atoms with van der Waals surface area (Å²) in [4.78, 5) is 0.365. The maximum Gasteiger partial charge on any atom is 0.179 e. The Morgan fingerprint density at radius 1 is 1.33 bits per heavy atom. The van der Waals surface area contributed by atoms with Crippen molar-refractivity contribution in [2.45, 2.75) is 23.8 Å². The molecule has 1 aromatic rings. The highest BCUT2D eigenvalue weighted by atomic mass is 32.2. The highest BCUT2D eigenvalue weighted by Crippen LogP contribution is 2.33. The maximum absolute atomic E-state index is 12.3. The summed E-state index contributed by atoms with van der Waals surface area (Å²) in [7, 11) is 0.169. The van der Waals surface area contributed by atoms with Gasteiger partial charge >= 0.3 is 0 Å². The van der Waals surface area contributed by atoms with E-state index in [-0.39, 0.29) is 11.8 Å². The lowest BCUT2D eigenvalue weighted by molar-refractivity contribution is 0.414. The largest absolute Gasteiger partial charge is 0.497 e. The lowest BCUT2D eigenvalue weighted by Crippen LogP contribution is -2.34. The highest BCUT2D eigenvalue weighted by molar-refractivity contribution is 7.91. The van der Waals surface area contributed by atoms with Gasteiger partial charge in [-0.05, 0) is 50.1 Å². The van der Waals surface area contributed by atoms with E-state index in [0.717, 1.165) is 12.8 Å². The first-order valence-electron chi connectivity index (χ1n) is 6.11. The lowest BCUT2D eigenvalue weighted by atomic mass is 10.2. The second-order valence-electron chi connectivity index (χ2n) is 4.69. The van der Waals surface area contributed by atoms with Crippen LogP contribution in [-0.4, -0.2) is 34.4 Å². The average molecular weight is 269 g/mol. The summed E-state index contributed by atoms with van der Waals surface area (Å²) in [5, 5.41) is 3.11. The summed E-state index contributed by atoms with van der Waals surface area (Å²) in [6.07, 6.45) is 2.26. The van der Waals surface area contributed by atoms with E-state index in [1.165, 1.54) is 0 Å². The predicted molar refractivity (Wildman–Crippen MR) is 70.6 cm³/mol. The van der Waals surface area contributed by atoms with Crippen LogP contribution in [0.4, 0.5) is 0 Å². The Kier molecular flexibility index (Phi) is 3.92. The smallest absolute Gasteiger partial charge is 0.179 e. The Hall–Kier alpha value is -1.07. The number of nitrogens with one attached hydrogen (secondary N) is 1. The van der Waals surface area contributed by atoms with Gasteiger partial charge < -0.3 is 10.1 Å². The standard InChI is InChI=1S/C13H19NO3S/c1-14-13(10-3-4-10)9-18(15,16)12-7-5-11(17-2)6-8-12/h5-8,10,13-14H,3-4,9H2,1-2H3. The van der Waals surface area contributed by atoms with Gasteiger partial charge in [-0.15, -0.1) is 0 Å². The fourth-order valence-electron chi connectivity index (χ4n) is 2.07. The molecule has 0 amide bonds. The molecule has 1 unspecified atom stereocenters. The molecular weight excluding hydrogens is 250 g/mol. The zero-order chi connectivity index (χ0) is 13.2. The molecule has 1 aliphatic rings. The van der Waals surface area contributed by atoms with Crippen molar-refractivity contribution in [1.82, 2.24) is 5.32 Å². The molecule has 0 aromatic heterocycles. The molecule has 0 bridgehead atoms. The molecule has 5 heteroatoms. The fourth-order valence-corrected chi connectivity index (χ4v) is 3.72. The van der Waals surface area contributed by atoms with Crippen LogP contribution < -0.4 is 10.1 Å². The topological polar surface area (TPSA) is 55.4 Å². The van der Waals surface area contributed by atoms with Gasteiger partial charge in [0.05, 0.1) is 17.8 Å². The first-order valence-corrected chi connectivity index (χ1v) is 7.76. The molecule has 1 atom stereocenters. The first kappa shape index (κ1) is 13.4.